The lowest BCUT2D eigenvalue weighted by Crippen LogP contribution is -2.34. The Morgan fingerprint density at radius 1 is 1.18 bits per heavy atom. The Hall–Kier alpha value is -2.80. The van der Waals surface area contributed by atoms with Crippen LogP contribution in [0.25, 0.3) is 11.8 Å². The summed E-state index contributed by atoms with van der Waals surface area (Å²) in [4.78, 5) is 38.2. The number of rotatable bonds is 4. The van der Waals surface area contributed by atoms with Crippen LogP contribution in [0.1, 0.15) is 41.2 Å². The molecule has 2 amide bonds. The molecule has 0 N–H and O–H groups in total. The van der Waals surface area contributed by atoms with Crippen LogP contribution in [0, 0.1) is 13.8 Å². The molecular formula is C21H22N2O4S. The van der Waals surface area contributed by atoms with Crippen LogP contribution in [0.3, 0.4) is 0 Å². The number of imide groups is 1. The molecule has 2 aromatic rings. The third kappa shape index (κ3) is 3.49. The number of carbonyl (C=O) groups is 3. The fraction of sp³-hybridized carbons (Fsp3) is 0.286. The first-order valence-electron chi connectivity index (χ1n) is 8.89. The summed E-state index contributed by atoms with van der Waals surface area (Å²) >= 11 is 0.962. The van der Waals surface area contributed by atoms with Gasteiger partial charge in [0, 0.05) is 23.1 Å². The lowest BCUT2D eigenvalue weighted by molar-refractivity contribution is -0.123. The van der Waals surface area contributed by atoms with E-state index in [2.05, 4.69) is 0 Å². The number of aryl methyl sites for hydroxylation is 1. The van der Waals surface area contributed by atoms with Crippen molar-refractivity contribution in [3.05, 3.63) is 57.8 Å². The van der Waals surface area contributed by atoms with E-state index in [0.717, 1.165) is 34.4 Å². The van der Waals surface area contributed by atoms with E-state index < -0.39 is 5.97 Å². The molecule has 146 valence electrons. The summed E-state index contributed by atoms with van der Waals surface area (Å²) in [5.41, 5.74) is 4.01. The van der Waals surface area contributed by atoms with Gasteiger partial charge < -0.3 is 9.30 Å². The van der Waals surface area contributed by atoms with Crippen molar-refractivity contribution >= 4 is 35.0 Å². The van der Waals surface area contributed by atoms with Crippen LogP contribution in [0.5, 0.6) is 0 Å². The number of nitrogens with zero attached hydrogens (tertiary/aromatic N) is 2. The second-order valence-corrected chi connectivity index (χ2v) is 7.84. The Morgan fingerprint density at radius 2 is 1.89 bits per heavy atom. The molecule has 2 heterocycles. The molecule has 0 aliphatic carbocycles. The molecule has 0 spiro atoms. The van der Waals surface area contributed by atoms with Crippen molar-refractivity contribution in [2.45, 2.75) is 33.7 Å². The molecule has 0 saturated carbocycles. The summed E-state index contributed by atoms with van der Waals surface area (Å²) in [6.07, 6.45) is 1.76. The van der Waals surface area contributed by atoms with Crippen LogP contribution in [0.4, 0.5) is 4.79 Å². The van der Waals surface area contributed by atoms with E-state index >= 15 is 0 Å². The van der Waals surface area contributed by atoms with Gasteiger partial charge in [-0.3, -0.25) is 14.5 Å². The molecule has 7 heteroatoms. The SMILES string of the molecule is COC(=O)c1cccc(-n2c(C)cc(/C=C3/SC(=O)N(C(C)C)C3=O)c2C)c1. The highest BCUT2D eigenvalue weighted by Gasteiger charge is 2.36. The van der Waals surface area contributed by atoms with E-state index in [0.29, 0.717) is 10.5 Å². The predicted octanol–water partition coefficient (Wildman–Crippen LogP) is 4.33. The highest BCUT2D eigenvalue weighted by Crippen LogP contribution is 2.34. The van der Waals surface area contributed by atoms with E-state index in [1.54, 1.807) is 24.3 Å². The second kappa shape index (κ2) is 7.67. The van der Waals surface area contributed by atoms with Crippen LogP contribution in [0.2, 0.25) is 0 Å². The van der Waals surface area contributed by atoms with Gasteiger partial charge in [0.25, 0.3) is 11.1 Å². The number of carbonyl (C=O) groups excluding carboxylic acids is 3. The number of thioether (sulfide) groups is 1. The van der Waals surface area contributed by atoms with Gasteiger partial charge in [0.15, 0.2) is 0 Å². The van der Waals surface area contributed by atoms with Crippen molar-refractivity contribution in [3.63, 3.8) is 0 Å². The minimum absolute atomic E-state index is 0.174. The number of benzene rings is 1. The smallest absolute Gasteiger partial charge is 0.337 e. The average molecular weight is 398 g/mol. The molecule has 1 aromatic carbocycles. The Bertz CT molecular complexity index is 1000. The number of hydrogen-bond acceptors (Lipinski definition) is 5. The highest BCUT2D eigenvalue weighted by atomic mass is 32.2. The van der Waals surface area contributed by atoms with Gasteiger partial charge in [0.2, 0.25) is 0 Å². The van der Waals surface area contributed by atoms with E-state index in [1.807, 2.05) is 44.4 Å². The monoisotopic (exact) mass is 398 g/mol. The van der Waals surface area contributed by atoms with Crippen molar-refractivity contribution in [2.75, 3.05) is 7.11 Å². The first-order valence-corrected chi connectivity index (χ1v) is 9.71. The van der Waals surface area contributed by atoms with Crippen LogP contribution in [-0.2, 0) is 9.53 Å². The fourth-order valence-corrected chi connectivity index (χ4v) is 4.24. The summed E-state index contributed by atoms with van der Waals surface area (Å²) in [7, 11) is 1.35. The zero-order chi connectivity index (χ0) is 20.6. The van der Waals surface area contributed by atoms with Gasteiger partial charge in [-0.25, -0.2) is 4.79 Å². The van der Waals surface area contributed by atoms with E-state index in [4.69, 9.17) is 4.74 Å². The quantitative estimate of drug-likeness (QED) is 0.567. The molecule has 3 rings (SSSR count). The summed E-state index contributed by atoms with van der Waals surface area (Å²) in [6, 6.07) is 8.96. The van der Waals surface area contributed by atoms with E-state index in [1.165, 1.54) is 12.0 Å². The van der Waals surface area contributed by atoms with Gasteiger partial charge in [-0.2, -0.15) is 0 Å². The lowest BCUT2D eigenvalue weighted by Gasteiger charge is -2.16. The molecule has 0 bridgehead atoms. The van der Waals surface area contributed by atoms with Crippen LogP contribution in [-0.4, -0.2) is 39.7 Å². The molecule has 28 heavy (non-hydrogen) atoms. The maximum absolute atomic E-state index is 12.5. The summed E-state index contributed by atoms with van der Waals surface area (Å²) in [5, 5.41) is -0.245. The number of methoxy groups -OCH3 is 1. The van der Waals surface area contributed by atoms with Crippen molar-refractivity contribution in [2.24, 2.45) is 0 Å². The molecule has 0 radical (unpaired) electrons. The molecule has 1 fully saturated rings. The predicted molar refractivity (Wildman–Crippen MR) is 110 cm³/mol. The van der Waals surface area contributed by atoms with Crippen molar-refractivity contribution < 1.29 is 19.1 Å². The van der Waals surface area contributed by atoms with E-state index in [-0.39, 0.29) is 17.2 Å². The Balaban J connectivity index is 2.01. The maximum Gasteiger partial charge on any atom is 0.337 e. The first-order chi connectivity index (χ1) is 13.2. The Kier molecular flexibility index (Phi) is 5.47. The summed E-state index contributed by atoms with van der Waals surface area (Å²) < 4.78 is 6.80. The van der Waals surface area contributed by atoms with Crippen molar-refractivity contribution in [3.8, 4) is 5.69 Å². The normalized spacial score (nSPS) is 15.8. The molecule has 6 nitrogen and oxygen atoms in total. The average Bonchev–Trinajstić information content (AvgIpc) is 3.09. The van der Waals surface area contributed by atoms with Gasteiger partial charge >= 0.3 is 5.97 Å². The van der Waals surface area contributed by atoms with E-state index in [9.17, 15) is 14.4 Å². The zero-order valence-corrected chi connectivity index (χ0v) is 17.3. The molecule has 0 unspecified atom stereocenters. The third-order valence-corrected chi connectivity index (χ3v) is 5.51. The van der Waals surface area contributed by atoms with Crippen molar-refractivity contribution in [1.82, 2.24) is 9.47 Å². The Morgan fingerprint density at radius 3 is 2.50 bits per heavy atom. The van der Waals surface area contributed by atoms with Crippen LogP contribution < -0.4 is 0 Å². The summed E-state index contributed by atoms with van der Waals surface area (Å²) in [6.45, 7) is 7.53. The number of aromatic nitrogens is 1. The van der Waals surface area contributed by atoms with Gasteiger partial charge in [-0.05, 0) is 75.4 Å². The van der Waals surface area contributed by atoms with Crippen LogP contribution in [0.15, 0.2) is 35.2 Å². The van der Waals surface area contributed by atoms with Gasteiger partial charge in [0.1, 0.15) is 0 Å². The zero-order valence-electron chi connectivity index (χ0n) is 16.5. The topological polar surface area (TPSA) is 68.6 Å². The van der Waals surface area contributed by atoms with Gasteiger partial charge in [0.05, 0.1) is 17.6 Å². The third-order valence-electron chi connectivity index (χ3n) is 4.62. The summed E-state index contributed by atoms with van der Waals surface area (Å²) in [5.74, 6) is -0.658. The number of hydrogen-bond donors (Lipinski definition) is 0. The first kappa shape index (κ1) is 19.9. The standard InChI is InChI=1S/C21H22N2O4S/c1-12(2)22-19(24)18(28-21(22)26)11-16-9-13(3)23(14(16)4)17-8-6-7-15(10-17)20(25)27-5/h6-12H,1-5H3/b18-11+. The molecular weight excluding hydrogens is 376 g/mol. The number of esters is 1. The number of amides is 2. The largest absolute Gasteiger partial charge is 0.465 e. The second-order valence-electron chi connectivity index (χ2n) is 6.85. The van der Waals surface area contributed by atoms with Crippen molar-refractivity contribution in [1.29, 1.82) is 0 Å². The maximum atomic E-state index is 12.5. The molecule has 1 aliphatic rings. The Labute approximate surface area is 168 Å². The minimum Gasteiger partial charge on any atom is -0.465 e. The molecule has 1 saturated heterocycles. The lowest BCUT2D eigenvalue weighted by atomic mass is 10.2. The van der Waals surface area contributed by atoms with Crippen LogP contribution >= 0.6 is 11.8 Å². The van der Waals surface area contributed by atoms with Gasteiger partial charge in [-0.1, -0.05) is 6.07 Å². The molecule has 1 aliphatic heterocycles. The fourth-order valence-electron chi connectivity index (χ4n) is 3.29. The number of ether oxygens (including phenoxy) is 1. The minimum atomic E-state index is -0.396. The highest BCUT2D eigenvalue weighted by molar-refractivity contribution is 8.18. The molecule has 0 atom stereocenters. The van der Waals surface area contributed by atoms with Gasteiger partial charge in [-0.15, -0.1) is 0 Å². The molecule has 1 aromatic heterocycles.